The summed E-state index contributed by atoms with van der Waals surface area (Å²) in [6, 6.07) is 3.57. The summed E-state index contributed by atoms with van der Waals surface area (Å²) in [4.78, 5) is 31.5. The van der Waals surface area contributed by atoms with E-state index in [2.05, 4.69) is 33.5 Å². The summed E-state index contributed by atoms with van der Waals surface area (Å²) in [5.74, 6) is 0.359. The van der Waals surface area contributed by atoms with Gasteiger partial charge in [-0.1, -0.05) is 11.6 Å². The van der Waals surface area contributed by atoms with Crippen LogP contribution in [0.4, 0.5) is 0 Å². The van der Waals surface area contributed by atoms with Crippen molar-refractivity contribution in [2.45, 2.75) is 37.2 Å². The second-order valence-corrected chi connectivity index (χ2v) is 7.22. The zero-order valence-corrected chi connectivity index (χ0v) is 15.8. The fraction of sp³-hybridized carbons (Fsp3) is 0.500. The van der Waals surface area contributed by atoms with Crippen LogP contribution < -0.4 is 10.6 Å². The molecule has 1 aliphatic heterocycles. The molecule has 1 aliphatic rings. The van der Waals surface area contributed by atoms with Crippen LogP contribution in [0.2, 0.25) is 0 Å². The highest BCUT2D eigenvalue weighted by Crippen LogP contribution is 2.20. The normalized spacial score (nSPS) is 21.2. The number of hydrogen-bond donors (Lipinski definition) is 2. The van der Waals surface area contributed by atoms with E-state index in [-0.39, 0.29) is 23.9 Å². The Labute approximate surface area is 153 Å². The van der Waals surface area contributed by atoms with Crippen LogP contribution in [0.3, 0.4) is 0 Å². The Balaban J connectivity index is 1.88. The van der Waals surface area contributed by atoms with E-state index in [1.807, 2.05) is 19.1 Å². The van der Waals surface area contributed by atoms with Gasteiger partial charge in [-0.05, 0) is 32.4 Å². The fourth-order valence-electron chi connectivity index (χ4n) is 2.89. The first-order valence-corrected chi connectivity index (χ1v) is 9.41. The number of nitrogens with one attached hydrogen (secondary N) is 2. The minimum absolute atomic E-state index is 0.00232. The molecule has 2 heterocycles. The van der Waals surface area contributed by atoms with Crippen molar-refractivity contribution in [1.82, 2.24) is 20.5 Å². The van der Waals surface area contributed by atoms with Gasteiger partial charge in [-0.15, -0.1) is 11.8 Å². The maximum absolute atomic E-state index is 12.2. The Morgan fingerprint density at radius 2 is 2.12 bits per heavy atom. The number of carbonyl (C=O) groups excluding carboxylic acids is 2. The zero-order chi connectivity index (χ0) is 18.2. The van der Waals surface area contributed by atoms with Crippen molar-refractivity contribution in [2.75, 3.05) is 25.9 Å². The van der Waals surface area contributed by atoms with Gasteiger partial charge in [-0.25, -0.2) is 0 Å². The molecule has 6 nitrogen and oxygen atoms in total. The number of aromatic nitrogens is 1. The highest BCUT2D eigenvalue weighted by atomic mass is 32.2. The van der Waals surface area contributed by atoms with Crippen LogP contribution in [-0.4, -0.2) is 59.7 Å². The SMILES string of the molecule is CC=C(C)CN1C[C@H](NC(=O)CSc2ccncc2)C[C@H]1C(=O)NC. The first-order valence-electron chi connectivity index (χ1n) is 8.43. The van der Waals surface area contributed by atoms with Crippen LogP contribution in [-0.2, 0) is 9.59 Å². The molecule has 0 aliphatic carbocycles. The molecular weight excluding hydrogens is 336 g/mol. The Kier molecular flexibility index (Phi) is 7.46. The molecule has 0 spiro atoms. The van der Waals surface area contributed by atoms with E-state index in [0.717, 1.165) is 11.4 Å². The first kappa shape index (κ1) is 19.5. The summed E-state index contributed by atoms with van der Waals surface area (Å²) in [6.45, 7) is 5.48. The number of allylic oxidation sites excluding steroid dienone is 1. The lowest BCUT2D eigenvalue weighted by Gasteiger charge is -2.23. The molecule has 25 heavy (non-hydrogen) atoms. The molecule has 0 bridgehead atoms. The van der Waals surface area contributed by atoms with E-state index in [1.165, 1.54) is 17.3 Å². The second kappa shape index (κ2) is 9.58. The fourth-order valence-corrected chi connectivity index (χ4v) is 3.58. The largest absolute Gasteiger partial charge is 0.358 e. The quantitative estimate of drug-likeness (QED) is 0.567. The molecule has 1 saturated heterocycles. The lowest BCUT2D eigenvalue weighted by Crippen LogP contribution is -2.42. The van der Waals surface area contributed by atoms with Gasteiger partial charge in [0.05, 0.1) is 11.8 Å². The summed E-state index contributed by atoms with van der Waals surface area (Å²) in [5.41, 5.74) is 1.22. The van der Waals surface area contributed by atoms with Crippen molar-refractivity contribution in [3.63, 3.8) is 0 Å². The molecule has 2 amide bonds. The van der Waals surface area contributed by atoms with Crippen molar-refractivity contribution in [3.8, 4) is 0 Å². The first-order chi connectivity index (χ1) is 12.0. The van der Waals surface area contributed by atoms with Crippen molar-refractivity contribution in [3.05, 3.63) is 36.2 Å². The average Bonchev–Trinajstić information content (AvgIpc) is 3.02. The number of nitrogens with zero attached hydrogens (tertiary/aromatic N) is 2. The van der Waals surface area contributed by atoms with E-state index in [0.29, 0.717) is 18.7 Å². The Morgan fingerprint density at radius 3 is 2.76 bits per heavy atom. The monoisotopic (exact) mass is 362 g/mol. The molecule has 0 radical (unpaired) electrons. The van der Waals surface area contributed by atoms with Crippen molar-refractivity contribution in [1.29, 1.82) is 0 Å². The molecule has 7 heteroatoms. The predicted molar refractivity (Wildman–Crippen MR) is 100 cm³/mol. The minimum atomic E-state index is -0.196. The van der Waals surface area contributed by atoms with Crippen LogP contribution >= 0.6 is 11.8 Å². The molecule has 1 aromatic heterocycles. The summed E-state index contributed by atoms with van der Waals surface area (Å²) in [7, 11) is 1.65. The smallest absolute Gasteiger partial charge is 0.237 e. The van der Waals surface area contributed by atoms with Crippen LogP contribution in [0.5, 0.6) is 0 Å². The summed E-state index contributed by atoms with van der Waals surface area (Å²) in [5, 5.41) is 5.79. The molecule has 1 fully saturated rings. The van der Waals surface area contributed by atoms with E-state index in [4.69, 9.17) is 0 Å². The van der Waals surface area contributed by atoms with Crippen molar-refractivity contribution >= 4 is 23.6 Å². The number of pyridine rings is 1. The lowest BCUT2D eigenvalue weighted by atomic mass is 10.1. The van der Waals surface area contributed by atoms with E-state index in [1.54, 1.807) is 19.4 Å². The molecule has 1 aromatic rings. The summed E-state index contributed by atoms with van der Waals surface area (Å²) in [6.07, 6.45) is 6.12. The van der Waals surface area contributed by atoms with Gasteiger partial charge in [0.15, 0.2) is 0 Å². The van der Waals surface area contributed by atoms with Gasteiger partial charge in [0.25, 0.3) is 0 Å². The Morgan fingerprint density at radius 1 is 1.40 bits per heavy atom. The maximum Gasteiger partial charge on any atom is 0.237 e. The second-order valence-electron chi connectivity index (χ2n) is 6.17. The van der Waals surface area contributed by atoms with Gasteiger partial charge in [0.1, 0.15) is 0 Å². The van der Waals surface area contributed by atoms with Gasteiger partial charge in [-0.3, -0.25) is 19.5 Å². The van der Waals surface area contributed by atoms with Crippen LogP contribution in [0.1, 0.15) is 20.3 Å². The van der Waals surface area contributed by atoms with Crippen LogP contribution in [0.15, 0.2) is 41.1 Å². The topological polar surface area (TPSA) is 74.3 Å². The number of rotatable bonds is 7. The Hall–Kier alpha value is -1.86. The number of thioether (sulfide) groups is 1. The van der Waals surface area contributed by atoms with Crippen molar-refractivity contribution < 1.29 is 9.59 Å². The van der Waals surface area contributed by atoms with Gasteiger partial charge in [0.2, 0.25) is 11.8 Å². The predicted octanol–water partition coefficient (Wildman–Crippen LogP) is 1.44. The molecule has 0 unspecified atom stereocenters. The number of hydrogen-bond acceptors (Lipinski definition) is 5. The third kappa shape index (κ3) is 5.86. The van der Waals surface area contributed by atoms with Gasteiger partial charge < -0.3 is 10.6 Å². The zero-order valence-electron chi connectivity index (χ0n) is 15.0. The van der Waals surface area contributed by atoms with Crippen LogP contribution in [0, 0.1) is 0 Å². The maximum atomic E-state index is 12.2. The third-order valence-corrected chi connectivity index (χ3v) is 5.29. The lowest BCUT2D eigenvalue weighted by molar-refractivity contribution is -0.125. The molecule has 2 rings (SSSR count). The minimum Gasteiger partial charge on any atom is -0.358 e. The molecule has 2 N–H and O–H groups in total. The highest BCUT2D eigenvalue weighted by molar-refractivity contribution is 8.00. The summed E-state index contributed by atoms with van der Waals surface area (Å²) >= 11 is 1.48. The average molecular weight is 362 g/mol. The third-order valence-electron chi connectivity index (χ3n) is 4.28. The Bertz CT molecular complexity index is 621. The number of amides is 2. The number of likely N-dealkylation sites (N-methyl/N-ethyl adjacent to an activating group) is 1. The molecule has 0 saturated carbocycles. The molecule has 2 atom stereocenters. The van der Waals surface area contributed by atoms with Gasteiger partial charge >= 0.3 is 0 Å². The van der Waals surface area contributed by atoms with Crippen molar-refractivity contribution in [2.24, 2.45) is 0 Å². The molecule has 0 aromatic carbocycles. The van der Waals surface area contributed by atoms with E-state index >= 15 is 0 Å². The highest BCUT2D eigenvalue weighted by Gasteiger charge is 2.36. The summed E-state index contributed by atoms with van der Waals surface area (Å²) < 4.78 is 0. The van der Waals surface area contributed by atoms with Crippen LogP contribution in [0.25, 0.3) is 0 Å². The van der Waals surface area contributed by atoms with Gasteiger partial charge in [-0.2, -0.15) is 0 Å². The van der Waals surface area contributed by atoms with E-state index < -0.39 is 0 Å². The van der Waals surface area contributed by atoms with Gasteiger partial charge in [0, 0.05) is 43.5 Å². The molecule has 136 valence electrons. The van der Waals surface area contributed by atoms with E-state index in [9.17, 15) is 9.59 Å². The number of likely N-dealkylation sites (tertiary alicyclic amines) is 1. The number of carbonyl (C=O) groups is 2. The standard InChI is InChI=1S/C18H26N4O2S/c1-4-13(2)10-22-11-14(9-16(22)18(24)19-3)21-17(23)12-25-15-5-7-20-8-6-15/h4-8,14,16H,9-12H2,1-3H3,(H,19,24)(H,21,23)/t14-,16+/m1/s1. The molecular formula is C18H26N4O2S.